The first-order valence-electron chi connectivity index (χ1n) is 8.17. The van der Waals surface area contributed by atoms with Gasteiger partial charge in [0.25, 0.3) is 0 Å². The van der Waals surface area contributed by atoms with Gasteiger partial charge >= 0.3 is 5.97 Å². The SMILES string of the molecule is C=C/C=C\C(=C/CC)C1(/C(C=C)=C/C=C)CC(C(=O)O)NO1.CC. The summed E-state index contributed by atoms with van der Waals surface area (Å²) < 4.78 is 0. The number of aliphatic carboxylic acids is 1. The number of nitrogens with one attached hydrogen (secondary N) is 1. The van der Waals surface area contributed by atoms with E-state index in [1.807, 2.05) is 32.9 Å². The molecule has 0 saturated carbocycles. The minimum absolute atomic E-state index is 0.265. The highest BCUT2D eigenvalue weighted by atomic mass is 16.7. The normalized spacial score (nSPS) is 24.2. The predicted octanol–water partition coefficient (Wildman–Crippen LogP) is 4.51. The molecular formula is C20H29NO3. The molecule has 2 unspecified atom stereocenters. The quantitative estimate of drug-likeness (QED) is 0.643. The minimum Gasteiger partial charge on any atom is -0.480 e. The molecular weight excluding hydrogens is 302 g/mol. The molecule has 1 fully saturated rings. The van der Waals surface area contributed by atoms with Gasteiger partial charge < -0.3 is 5.11 Å². The molecule has 0 bridgehead atoms. The maximum Gasteiger partial charge on any atom is 0.323 e. The molecule has 0 aromatic carbocycles. The van der Waals surface area contributed by atoms with Gasteiger partial charge in [0, 0.05) is 6.42 Å². The number of carbonyl (C=O) groups is 1. The summed E-state index contributed by atoms with van der Waals surface area (Å²) in [6.07, 6.45) is 13.5. The maximum absolute atomic E-state index is 11.3. The molecule has 1 saturated heterocycles. The summed E-state index contributed by atoms with van der Waals surface area (Å²) in [6, 6.07) is -0.787. The Hall–Kier alpha value is -2.17. The molecule has 4 nitrogen and oxygen atoms in total. The van der Waals surface area contributed by atoms with Crippen molar-refractivity contribution in [2.75, 3.05) is 0 Å². The van der Waals surface area contributed by atoms with Gasteiger partial charge in [-0.15, -0.1) is 0 Å². The van der Waals surface area contributed by atoms with Crippen LogP contribution in [0.5, 0.6) is 0 Å². The van der Waals surface area contributed by atoms with E-state index in [1.54, 1.807) is 30.4 Å². The number of carboxylic acids is 1. The third-order valence-corrected chi connectivity index (χ3v) is 3.45. The van der Waals surface area contributed by atoms with Crippen molar-refractivity contribution in [3.63, 3.8) is 0 Å². The summed E-state index contributed by atoms with van der Waals surface area (Å²) in [5.41, 5.74) is 3.32. The van der Waals surface area contributed by atoms with Gasteiger partial charge in [0.05, 0.1) is 0 Å². The van der Waals surface area contributed by atoms with Crippen LogP contribution in [0.2, 0.25) is 0 Å². The van der Waals surface area contributed by atoms with Crippen LogP contribution in [0, 0.1) is 0 Å². The molecule has 4 heteroatoms. The van der Waals surface area contributed by atoms with Crippen molar-refractivity contribution in [1.82, 2.24) is 5.48 Å². The highest BCUT2D eigenvalue weighted by molar-refractivity contribution is 5.74. The molecule has 0 radical (unpaired) electrons. The molecule has 24 heavy (non-hydrogen) atoms. The van der Waals surface area contributed by atoms with Gasteiger partial charge in [-0.05, 0) is 17.6 Å². The summed E-state index contributed by atoms with van der Waals surface area (Å²) in [7, 11) is 0. The van der Waals surface area contributed by atoms with Gasteiger partial charge in [-0.2, -0.15) is 5.48 Å². The van der Waals surface area contributed by atoms with Crippen molar-refractivity contribution < 1.29 is 14.7 Å². The number of rotatable bonds is 8. The fourth-order valence-corrected chi connectivity index (χ4v) is 2.45. The van der Waals surface area contributed by atoms with Gasteiger partial charge in [-0.1, -0.05) is 83.0 Å². The smallest absolute Gasteiger partial charge is 0.323 e. The molecule has 0 aromatic heterocycles. The zero-order chi connectivity index (χ0) is 18.6. The Morgan fingerprint density at radius 2 is 1.96 bits per heavy atom. The summed E-state index contributed by atoms with van der Waals surface area (Å²) in [5.74, 6) is -0.951. The van der Waals surface area contributed by atoms with Crippen molar-refractivity contribution in [2.24, 2.45) is 0 Å². The average Bonchev–Trinajstić information content (AvgIpc) is 3.04. The molecule has 1 rings (SSSR count). The molecule has 132 valence electrons. The van der Waals surface area contributed by atoms with Crippen LogP contribution in [0.4, 0.5) is 0 Å². The number of allylic oxidation sites excluding steroid dienone is 5. The molecule has 2 N–H and O–H groups in total. The zero-order valence-electron chi connectivity index (χ0n) is 14.9. The number of carboxylic acid groups (broad SMARTS) is 1. The lowest BCUT2D eigenvalue weighted by Gasteiger charge is -2.30. The largest absolute Gasteiger partial charge is 0.480 e. The van der Waals surface area contributed by atoms with Crippen LogP contribution in [0.15, 0.2) is 73.4 Å². The van der Waals surface area contributed by atoms with Crippen molar-refractivity contribution >= 4 is 5.97 Å². The first-order chi connectivity index (χ1) is 11.6. The van der Waals surface area contributed by atoms with E-state index in [0.717, 1.165) is 17.6 Å². The van der Waals surface area contributed by atoms with Crippen molar-refractivity contribution in [1.29, 1.82) is 0 Å². The topological polar surface area (TPSA) is 58.6 Å². The predicted molar refractivity (Wildman–Crippen MR) is 101 cm³/mol. The third-order valence-electron chi connectivity index (χ3n) is 3.45. The van der Waals surface area contributed by atoms with E-state index < -0.39 is 17.6 Å². The van der Waals surface area contributed by atoms with Gasteiger partial charge in [0.2, 0.25) is 0 Å². The molecule has 1 heterocycles. The summed E-state index contributed by atoms with van der Waals surface area (Å²) in [4.78, 5) is 17.1. The molecule has 0 aliphatic carbocycles. The fourth-order valence-electron chi connectivity index (χ4n) is 2.45. The van der Waals surface area contributed by atoms with Crippen LogP contribution >= 0.6 is 0 Å². The van der Waals surface area contributed by atoms with E-state index in [9.17, 15) is 9.90 Å². The highest BCUT2D eigenvalue weighted by Gasteiger charge is 2.47. The number of hydroxylamine groups is 1. The first kappa shape index (κ1) is 21.8. The summed E-state index contributed by atoms with van der Waals surface area (Å²) in [5, 5.41) is 9.26. The standard InChI is InChI=1S/C18H23NO3.C2H6/c1-5-9-12-15(11-7-3)18(14(8-4)10-6-2)13-16(17(20)21)19-22-18;1-2/h5-6,8-12,16,19H,1-2,4,7,13H2,3H3,(H,20,21);1-2H3/b12-9-,14-10+,15-11+;. The van der Waals surface area contributed by atoms with Crippen LogP contribution in [-0.4, -0.2) is 22.7 Å². The number of hydrogen-bond donors (Lipinski definition) is 2. The van der Waals surface area contributed by atoms with Gasteiger partial charge in [-0.25, -0.2) is 0 Å². The van der Waals surface area contributed by atoms with E-state index in [1.165, 1.54) is 0 Å². The fraction of sp³-hybridized carbons (Fsp3) is 0.350. The van der Waals surface area contributed by atoms with E-state index in [2.05, 4.69) is 25.2 Å². The highest BCUT2D eigenvalue weighted by Crippen LogP contribution is 2.39. The Balaban J connectivity index is 0.00000254. The average molecular weight is 331 g/mol. The van der Waals surface area contributed by atoms with Crippen LogP contribution in [0.25, 0.3) is 0 Å². The number of hydrogen-bond acceptors (Lipinski definition) is 3. The van der Waals surface area contributed by atoms with Gasteiger partial charge in [0.15, 0.2) is 0 Å². The molecule has 0 aromatic rings. The third kappa shape index (κ3) is 5.18. The van der Waals surface area contributed by atoms with E-state index in [-0.39, 0.29) is 6.42 Å². The van der Waals surface area contributed by atoms with Gasteiger partial charge in [-0.3, -0.25) is 9.63 Å². The second-order valence-electron chi connectivity index (χ2n) is 4.87. The lowest BCUT2D eigenvalue weighted by molar-refractivity contribution is -0.140. The van der Waals surface area contributed by atoms with E-state index >= 15 is 0 Å². The zero-order valence-corrected chi connectivity index (χ0v) is 14.9. The molecule has 1 aliphatic rings. The Morgan fingerprint density at radius 1 is 1.29 bits per heavy atom. The van der Waals surface area contributed by atoms with Crippen LogP contribution < -0.4 is 5.48 Å². The van der Waals surface area contributed by atoms with Gasteiger partial charge in [0.1, 0.15) is 11.6 Å². The molecule has 0 amide bonds. The van der Waals surface area contributed by atoms with Crippen molar-refractivity contribution in [3.8, 4) is 0 Å². The molecule has 1 aliphatic heterocycles. The van der Waals surface area contributed by atoms with Crippen molar-refractivity contribution in [3.05, 3.63) is 73.4 Å². The summed E-state index contributed by atoms with van der Waals surface area (Å²) in [6.45, 7) is 17.2. The molecule has 0 spiro atoms. The summed E-state index contributed by atoms with van der Waals surface area (Å²) >= 11 is 0. The van der Waals surface area contributed by atoms with E-state index in [0.29, 0.717) is 0 Å². The first-order valence-corrected chi connectivity index (χ1v) is 8.17. The monoisotopic (exact) mass is 331 g/mol. The van der Waals surface area contributed by atoms with Crippen LogP contribution in [0.1, 0.15) is 33.6 Å². The lowest BCUT2D eigenvalue weighted by Crippen LogP contribution is -2.33. The Morgan fingerprint density at radius 3 is 2.38 bits per heavy atom. The minimum atomic E-state index is -0.951. The van der Waals surface area contributed by atoms with Crippen molar-refractivity contribution in [2.45, 2.75) is 45.3 Å². The Labute approximate surface area is 145 Å². The maximum atomic E-state index is 11.3. The lowest BCUT2D eigenvalue weighted by atomic mass is 9.80. The second-order valence-corrected chi connectivity index (χ2v) is 4.87. The second kappa shape index (κ2) is 11.4. The molecule has 2 atom stereocenters. The van der Waals surface area contributed by atoms with E-state index in [4.69, 9.17) is 4.84 Å². The Kier molecular flexibility index (Phi) is 10.3. The van der Waals surface area contributed by atoms with Crippen LogP contribution in [0.3, 0.4) is 0 Å². The van der Waals surface area contributed by atoms with Crippen LogP contribution in [-0.2, 0) is 9.63 Å². The Bertz CT molecular complexity index is 543.